The molecule has 0 radical (unpaired) electrons. The third kappa shape index (κ3) is 2.16. The van der Waals surface area contributed by atoms with Crippen LogP contribution < -0.4 is 11.1 Å². The van der Waals surface area contributed by atoms with Gasteiger partial charge in [-0.15, -0.1) is 0 Å². The lowest BCUT2D eigenvalue weighted by molar-refractivity contribution is -0.131. The van der Waals surface area contributed by atoms with E-state index < -0.39 is 5.54 Å². The van der Waals surface area contributed by atoms with E-state index in [0.29, 0.717) is 0 Å². The molecular formula is C11H20N2O2. The Morgan fingerprint density at radius 2 is 1.93 bits per heavy atom. The second-order valence-corrected chi connectivity index (χ2v) is 4.94. The number of nitrogens with two attached hydrogens (primary N) is 1. The van der Waals surface area contributed by atoms with E-state index in [2.05, 4.69) is 5.32 Å². The average Bonchev–Trinajstić information content (AvgIpc) is 2.18. The molecule has 2 saturated carbocycles. The number of hydrogen-bond donors (Lipinski definition) is 3. The van der Waals surface area contributed by atoms with Gasteiger partial charge in [0.1, 0.15) is 0 Å². The van der Waals surface area contributed by atoms with Crippen LogP contribution in [0.4, 0.5) is 0 Å². The van der Waals surface area contributed by atoms with Gasteiger partial charge < -0.3 is 16.2 Å². The summed E-state index contributed by atoms with van der Waals surface area (Å²) in [5.74, 6) is -0.0697. The van der Waals surface area contributed by atoms with E-state index in [4.69, 9.17) is 5.73 Å². The van der Waals surface area contributed by atoms with Crippen molar-refractivity contribution in [2.45, 2.75) is 62.6 Å². The molecule has 4 heteroatoms. The fourth-order valence-electron chi connectivity index (χ4n) is 2.38. The molecule has 15 heavy (non-hydrogen) atoms. The third-order valence-electron chi connectivity index (χ3n) is 3.74. The zero-order valence-corrected chi connectivity index (χ0v) is 9.04. The van der Waals surface area contributed by atoms with Crippen molar-refractivity contribution in [3.8, 4) is 0 Å². The maximum Gasteiger partial charge on any atom is 0.240 e. The maximum atomic E-state index is 11.8. The van der Waals surface area contributed by atoms with Crippen molar-refractivity contribution in [1.82, 2.24) is 5.32 Å². The summed E-state index contributed by atoms with van der Waals surface area (Å²) < 4.78 is 0. The Balaban J connectivity index is 1.87. The predicted octanol–water partition coefficient (Wildman–Crippen LogP) is 0.287. The largest absolute Gasteiger partial charge is 0.391 e. The van der Waals surface area contributed by atoms with Gasteiger partial charge in [0.25, 0.3) is 0 Å². The normalized spacial score (nSPS) is 34.3. The minimum Gasteiger partial charge on any atom is -0.391 e. The van der Waals surface area contributed by atoms with Gasteiger partial charge in [0, 0.05) is 0 Å². The van der Waals surface area contributed by atoms with Gasteiger partial charge in [-0.05, 0) is 32.1 Å². The number of carbonyl (C=O) groups excluding carboxylic acids is 1. The molecule has 0 bridgehead atoms. The van der Waals surface area contributed by atoms with Crippen LogP contribution in [-0.2, 0) is 4.79 Å². The van der Waals surface area contributed by atoms with Gasteiger partial charge in [0.05, 0.1) is 17.7 Å². The van der Waals surface area contributed by atoms with E-state index in [1.807, 2.05) is 0 Å². The summed E-state index contributed by atoms with van der Waals surface area (Å²) in [6.07, 6.45) is 6.03. The summed E-state index contributed by atoms with van der Waals surface area (Å²) in [7, 11) is 0. The van der Waals surface area contributed by atoms with Gasteiger partial charge in [-0.2, -0.15) is 0 Å². The average molecular weight is 212 g/mol. The Morgan fingerprint density at radius 3 is 2.47 bits per heavy atom. The van der Waals surface area contributed by atoms with E-state index in [0.717, 1.165) is 44.9 Å². The van der Waals surface area contributed by atoms with Crippen LogP contribution in [0.5, 0.6) is 0 Å². The predicted molar refractivity (Wildman–Crippen MR) is 57.2 cm³/mol. The van der Waals surface area contributed by atoms with E-state index >= 15 is 0 Å². The molecule has 2 fully saturated rings. The van der Waals surface area contributed by atoms with Gasteiger partial charge in [0.15, 0.2) is 0 Å². The number of aliphatic hydroxyl groups excluding tert-OH is 1. The molecule has 0 spiro atoms. The number of hydrogen-bond acceptors (Lipinski definition) is 3. The first-order valence-corrected chi connectivity index (χ1v) is 5.90. The van der Waals surface area contributed by atoms with Crippen molar-refractivity contribution in [1.29, 1.82) is 0 Å². The van der Waals surface area contributed by atoms with Crippen LogP contribution in [0.15, 0.2) is 0 Å². The van der Waals surface area contributed by atoms with Gasteiger partial charge in [-0.1, -0.05) is 12.8 Å². The number of amides is 1. The topological polar surface area (TPSA) is 75.4 Å². The lowest BCUT2D eigenvalue weighted by Crippen LogP contribution is -2.61. The first-order chi connectivity index (χ1) is 7.12. The molecule has 0 saturated heterocycles. The SMILES string of the molecule is NC1(C(=O)N[C@@H]2CCCC[C@H]2O)CCC1. The minimum atomic E-state index is -0.642. The summed E-state index contributed by atoms with van der Waals surface area (Å²) in [4.78, 5) is 11.8. The molecule has 2 atom stereocenters. The molecule has 86 valence electrons. The number of nitrogens with one attached hydrogen (secondary N) is 1. The first-order valence-electron chi connectivity index (χ1n) is 5.90. The molecule has 0 heterocycles. The van der Waals surface area contributed by atoms with Crippen LogP contribution in [0, 0.1) is 0 Å². The van der Waals surface area contributed by atoms with Crippen LogP contribution >= 0.6 is 0 Å². The van der Waals surface area contributed by atoms with Gasteiger partial charge in [-0.25, -0.2) is 0 Å². The van der Waals surface area contributed by atoms with Crippen molar-refractivity contribution in [2.24, 2.45) is 5.73 Å². The number of aliphatic hydroxyl groups is 1. The van der Waals surface area contributed by atoms with E-state index in [-0.39, 0.29) is 18.1 Å². The van der Waals surface area contributed by atoms with Crippen molar-refractivity contribution in [3.05, 3.63) is 0 Å². The molecular weight excluding hydrogens is 192 g/mol. The Labute approximate surface area is 90.2 Å². The minimum absolute atomic E-state index is 0.0697. The van der Waals surface area contributed by atoms with Crippen molar-refractivity contribution >= 4 is 5.91 Å². The second-order valence-electron chi connectivity index (χ2n) is 4.94. The standard InChI is InChI=1S/C11H20N2O2/c12-11(6-3-7-11)10(15)13-8-4-1-2-5-9(8)14/h8-9,14H,1-7,12H2,(H,13,15)/t8-,9-/m1/s1. The first kappa shape index (κ1) is 10.9. The van der Waals surface area contributed by atoms with Crippen LogP contribution in [0.25, 0.3) is 0 Å². The van der Waals surface area contributed by atoms with Crippen molar-refractivity contribution in [2.75, 3.05) is 0 Å². The van der Waals surface area contributed by atoms with Crippen LogP contribution in [0.2, 0.25) is 0 Å². The zero-order valence-electron chi connectivity index (χ0n) is 9.04. The summed E-state index contributed by atoms with van der Waals surface area (Å²) in [6.45, 7) is 0. The Kier molecular flexibility index (Phi) is 2.98. The smallest absolute Gasteiger partial charge is 0.240 e. The molecule has 0 aliphatic heterocycles. The summed E-state index contributed by atoms with van der Waals surface area (Å²) in [6, 6.07) is -0.0766. The fourth-order valence-corrected chi connectivity index (χ4v) is 2.38. The molecule has 0 unspecified atom stereocenters. The van der Waals surface area contributed by atoms with E-state index in [1.165, 1.54) is 0 Å². The molecule has 2 aliphatic carbocycles. The molecule has 4 N–H and O–H groups in total. The molecule has 2 rings (SSSR count). The van der Waals surface area contributed by atoms with Crippen LogP contribution in [0.1, 0.15) is 44.9 Å². The fraction of sp³-hybridized carbons (Fsp3) is 0.909. The van der Waals surface area contributed by atoms with Crippen LogP contribution in [-0.4, -0.2) is 28.7 Å². The van der Waals surface area contributed by atoms with Crippen molar-refractivity contribution < 1.29 is 9.90 Å². The van der Waals surface area contributed by atoms with Gasteiger partial charge >= 0.3 is 0 Å². The highest BCUT2D eigenvalue weighted by Gasteiger charge is 2.41. The van der Waals surface area contributed by atoms with Crippen LogP contribution in [0.3, 0.4) is 0 Å². The Hall–Kier alpha value is -0.610. The highest BCUT2D eigenvalue weighted by molar-refractivity contribution is 5.87. The lowest BCUT2D eigenvalue weighted by Gasteiger charge is -2.39. The Bertz CT molecular complexity index is 251. The quantitative estimate of drug-likeness (QED) is 0.615. The van der Waals surface area contributed by atoms with Gasteiger partial charge in [-0.3, -0.25) is 4.79 Å². The van der Waals surface area contributed by atoms with E-state index in [1.54, 1.807) is 0 Å². The summed E-state index contributed by atoms with van der Waals surface area (Å²) in [5, 5.41) is 12.6. The molecule has 4 nitrogen and oxygen atoms in total. The van der Waals surface area contributed by atoms with E-state index in [9.17, 15) is 9.90 Å². The van der Waals surface area contributed by atoms with Gasteiger partial charge in [0.2, 0.25) is 5.91 Å². The Morgan fingerprint density at radius 1 is 1.27 bits per heavy atom. The highest BCUT2D eigenvalue weighted by atomic mass is 16.3. The molecule has 0 aromatic carbocycles. The second kappa shape index (κ2) is 4.10. The molecule has 0 aromatic heterocycles. The molecule has 1 amide bonds. The zero-order chi connectivity index (χ0) is 10.9. The lowest BCUT2D eigenvalue weighted by atomic mass is 9.76. The maximum absolute atomic E-state index is 11.8. The number of rotatable bonds is 2. The summed E-state index contributed by atoms with van der Waals surface area (Å²) >= 11 is 0. The molecule has 0 aromatic rings. The summed E-state index contributed by atoms with van der Waals surface area (Å²) in [5.41, 5.74) is 5.27. The number of carbonyl (C=O) groups is 1. The monoisotopic (exact) mass is 212 g/mol. The third-order valence-corrected chi connectivity index (χ3v) is 3.74. The molecule has 2 aliphatic rings. The highest BCUT2D eigenvalue weighted by Crippen LogP contribution is 2.30. The van der Waals surface area contributed by atoms with Crippen molar-refractivity contribution in [3.63, 3.8) is 0 Å².